The lowest BCUT2D eigenvalue weighted by molar-refractivity contribution is 0.316. The summed E-state index contributed by atoms with van der Waals surface area (Å²) in [5.74, 6) is 1.69. The Hall–Kier alpha value is -0.370. The summed E-state index contributed by atoms with van der Waals surface area (Å²) in [6, 6.07) is 0. The van der Waals surface area contributed by atoms with Crippen LogP contribution in [0.4, 0.5) is 0 Å². The normalized spacial score (nSPS) is 30.2. The first-order chi connectivity index (χ1) is 5.88. The van der Waals surface area contributed by atoms with Crippen LogP contribution in [0.1, 0.15) is 26.2 Å². The van der Waals surface area contributed by atoms with E-state index in [-0.39, 0.29) is 0 Å². The van der Waals surface area contributed by atoms with Crippen molar-refractivity contribution in [3.63, 3.8) is 0 Å². The molecule has 0 aromatic heterocycles. The van der Waals surface area contributed by atoms with E-state index >= 15 is 0 Å². The minimum absolute atomic E-state index is 0.811. The van der Waals surface area contributed by atoms with Gasteiger partial charge in [0.15, 0.2) is 0 Å². The highest BCUT2D eigenvalue weighted by molar-refractivity contribution is 5.57. The summed E-state index contributed by atoms with van der Waals surface area (Å²) in [7, 11) is 2.04. The Bertz CT molecular complexity index is 143. The van der Waals surface area contributed by atoms with Crippen LogP contribution in [0, 0.1) is 11.8 Å². The Morgan fingerprint density at radius 1 is 1.50 bits per heavy atom. The van der Waals surface area contributed by atoms with Crippen molar-refractivity contribution in [3.05, 3.63) is 0 Å². The summed E-state index contributed by atoms with van der Waals surface area (Å²) in [6.45, 7) is 4.47. The van der Waals surface area contributed by atoms with Gasteiger partial charge in [-0.3, -0.25) is 4.99 Å². The number of nitrogens with zero attached hydrogens (tertiary/aromatic N) is 1. The van der Waals surface area contributed by atoms with E-state index < -0.39 is 0 Å². The van der Waals surface area contributed by atoms with E-state index in [0.29, 0.717) is 0 Å². The third-order valence-corrected chi connectivity index (χ3v) is 2.82. The van der Waals surface area contributed by atoms with Gasteiger partial charge in [0.25, 0.3) is 0 Å². The van der Waals surface area contributed by atoms with E-state index in [1.165, 1.54) is 19.3 Å². The zero-order valence-corrected chi connectivity index (χ0v) is 8.21. The number of hydrogen-bond donors (Lipinski definition) is 1. The first kappa shape index (κ1) is 9.72. The van der Waals surface area contributed by atoms with Gasteiger partial charge in [0, 0.05) is 6.54 Å². The average molecular weight is 168 g/mol. The Labute approximate surface area is 75.5 Å². The minimum atomic E-state index is 0.811. The lowest BCUT2D eigenvalue weighted by Crippen LogP contribution is -2.25. The Balaban J connectivity index is 2.45. The molecule has 0 aromatic rings. The molecule has 12 heavy (non-hydrogen) atoms. The van der Waals surface area contributed by atoms with Gasteiger partial charge in [-0.25, -0.2) is 0 Å². The predicted octanol–water partition coefficient (Wildman–Crippen LogP) is 1.71. The van der Waals surface area contributed by atoms with Crippen molar-refractivity contribution >= 4 is 6.21 Å². The fraction of sp³-hybridized carbons (Fsp3) is 0.900. The lowest BCUT2D eigenvalue weighted by Gasteiger charge is -2.22. The summed E-state index contributed by atoms with van der Waals surface area (Å²) in [5.41, 5.74) is 0. The van der Waals surface area contributed by atoms with Crippen LogP contribution in [-0.4, -0.2) is 26.4 Å². The highest BCUT2D eigenvalue weighted by Crippen LogP contribution is 2.23. The zero-order chi connectivity index (χ0) is 8.81. The van der Waals surface area contributed by atoms with Crippen LogP contribution in [0.15, 0.2) is 4.99 Å². The van der Waals surface area contributed by atoms with Gasteiger partial charge >= 0.3 is 0 Å². The summed E-state index contributed by atoms with van der Waals surface area (Å²) in [4.78, 5) is 4.35. The third kappa shape index (κ3) is 2.59. The van der Waals surface area contributed by atoms with Gasteiger partial charge in [-0.05, 0) is 44.5 Å². The molecule has 2 nitrogen and oxygen atoms in total. The highest BCUT2D eigenvalue weighted by atomic mass is 14.8. The van der Waals surface area contributed by atoms with E-state index in [1.807, 2.05) is 7.05 Å². The minimum Gasteiger partial charge on any atom is -0.319 e. The molecule has 1 aliphatic rings. The molecule has 0 spiro atoms. The maximum absolute atomic E-state index is 4.35. The molecule has 0 aromatic carbocycles. The van der Waals surface area contributed by atoms with Gasteiger partial charge in [-0.2, -0.15) is 0 Å². The van der Waals surface area contributed by atoms with Crippen molar-refractivity contribution in [2.24, 2.45) is 16.8 Å². The van der Waals surface area contributed by atoms with Gasteiger partial charge in [-0.1, -0.05) is 13.3 Å². The zero-order valence-electron chi connectivity index (χ0n) is 8.21. The van der Waals surface area contributed by atoms with Gasteiger partial charge in [-0.15, -0.1) is 0 Å². The molecule has 70 valence electrons. The molecular weight excluding hydrogens is 148 g/mol. The molecule has 2 atom stereocenters. The summed E-state index contributed by atoms with van der Waals surface area (Å²) >= 11 is 0. The summed E-state index contributed by atoms with van der Waals surface area (Å²) in [6.07, 6.45) is 5.85. The maximum Gasteiger partial charge on any atom is 0.0388 e. The molecule has 2 heteroatoms. The maximum atomic E-state index is 4.35. The van der Waals surface area contributed by atoms with Crippen molar-refractivity contribution in [1.29, 1.82) is 0 Å². The van der Waals surface area contributed by atoms with E-state index in [1.54, 1.807) is 0 Å². The molecule has 0 fully saturated rings. The first-order valence-corrected chi connectivity index (χ1v) is 5.01. The molecular formula is C10H20N2. The Morgan fingerprint density at radius 2 is 2.33 bits per heavy atom. The number of rotatable bonds is 3. The lowest BCUT2D eigenvalue weighted by atomic mass is 9.86. The predicted molar refractivity (Wildman–Crippen MR) is 53.8 cm³/mol. The number of nitrogens with one attached hydrogen (secondary N) is 1. The molecule has 1 aliphatic heterocycles. The van der Waals surface area contributed by atoms with Crippen LogP contribution in [0.5, 0.6) is 0 Å². The smallest absolute Gasteiger partial charge is 0.0388 e. The standard InChI is InChI=1S/C10H20N2/c1-3-9-4-6-12-7-5-10(9)8-11-2/h7,9-11H,3-6,8H2,1-2H3. The fourth-order valence-corrected chi connectivity index (χ4v) is 2.02. The van der Waals surface area contributed by atoms with E-state index in [4.69, 9.17) is 0 Å². The molecule has 0 saturated carbocycles. The molecule has 0 amide bonds. The quantitative estimate of drug-likeness (QED) is 0.681. The van der Waals surface area contributed by atoms with Gasteiger partial charge in [0.05, 0.1) is 0 Å². The largest absolute Gasteiger partial charge is 0.319 e. The van der Waals surface area contributed by atoms with E-state index in [2.05, 4.69) is 23.4 Å². The fourth-order valence-electron chi connectivity index (χ4n) is 2.02. The van der Waals surface area contributed by atoms with Crippen molar-refractivity contribution in [2.75, 3.05) is 20.1 Å². The van der Waals surface area contributed by atoms with Crippen LogP contribution in [0.2, 0.25) is 0 Å². The van der Waals surface area contributed by atoms with Crippen LogP contribution in [0.3, 0.4) is 0 Å². The first-order valence-electron chi connectivity index (χ1n) is 5.01. The molecule has 0 aliphatic carbocycles. The van der Waals surface area contributed by atoms with Crippen molar-refractivity contribution in [2.45, 2.75) is 26.2 Å². The number of aliphatic imine (C=N–C) groups is 1. The second-order valence-corrected chi connectivity index (χ2v) is 3.60. The van der Waals surface area contributed by atoms with Crippen LogP contribution in [0.25, 0.3) is 0 Å². The second-order valence-electron chi connectivity index (χ2n) is 3.60. The topological polar surface area (TPSA) is 24.4 Å². The number of hydrogen-bond acceptors (Lipinski definition) is 2. The molecule has 0 bridgehead atoms. The molecule has 2 unspecified atom stereocenters. The van der Waals surface area contributed by atoms with Gasteiger partial charge in [0.2, 0.25) is 0 Å². The van der Waals surface area contributed by atoms with E-state index in [9.17, 15) is 0 Å². The summed E-state index contributed by atoms with van der Waals surface area (Å²) < 4.78 is 0. The van der Waals surface area contributed by atoms with Crippen LogP contribution < -0.4 is 5.32 Å². The Morgan fingerprint density at radius 3 is 3.00 bits per heavy atom. The monoisotopic (exact) mass is 168 g/mol. The van der Waals surface area contributed by atoms with Crippen LogP contribution >= 0.6 is 0 Å². The molecule has 1 rings (SSSR count). The average Bonchev–Trinajstić information content (AvgIpc) is 2.30. The van der Waals surface area contributed by atoms with Crippen LogP contribution in [-0.2, 0) is 0 Å². The van der Waals surface area contributed by atoms with Crippen molar-refractivity contribution in [3.8, 4) is 0 Å². The van der Waals surface area contributed by atoms with E-state index in [0.717, 1.165) is 24.9 Å². The van der Waals surface area contributed by atoms with Crippen molar-refractivity contribution in [1.82, 2.24) is 5.32 Å². The second kappa shape index (κ2) is 5.31. The molecule has 1 N–H and O–H groups in total. The third-order valence-electron chi connectivity index (χ3n) is 2.82. The van der Waals surface area contributed by atoms with Gasteiger partial charge in [0.1, 0.15) is 0 Å². The molecule has 1 heterocycles. The highest BCUT2D eigenvalue weighted by Gasteiger charge is 2.19. The van der Waals surface area contributed by atoms with Gasteiger partial charge < -0.3 is 5.32 Å². The molecule has 0 saturated heterocycles. The van der Waals surface area contributed by atoms with Crippen molar-refractivity contribution < 1.29 is 0 Å². The Kier molecular flexibility index (Phi) is 4.30. The summed E-state index contributed by atoms with van der Waals surface area (Å²) in [5, 5.41) is 3.27. The molecule has 0 radical (unpaired) electrons. The SMILES string of the molecule is CCC1CCN=CCC1CNC.